The van der Waals surface area contributed by atoms with E-state index in [2.05, 4.69) is 173 Å². The van der Waals surface area contributed by atoms with E-state index >= 15 is 0 Å². The van der Waals surface area contributed by atoms with Crippen LogP contribution in [-0.4, -0.2) is 0 Å². The minimum Gasteiger partial charge on any atom is -0.0984 e. The number of hydrogen-bond acceptors (Lipinski definition) is 0. The molecule has 1 aliphatic carbocycles. The van der Waals surface area contributed by atoms with Gasteiger partial charge in [-0.05, 0) is 75.4 Å². The Labute approximate surface area is 269 Å². The lowest BCUT2D eigenvalue weighted by Crippen LogP contribution is -2.23. The molecule has 0 radical (unpaired) electrons. The highest BCUT2D eigenvalue weighted by molar-refractivity contribution is 6.00. The van der Waals surface area contributed by atoms with Gasteiger partial charge in [-0.1, -0.05) is 195 Å². The molecule has 3 aromatic rings. The molecule has 0 heteroatoms. The van der Waals surface area contributed by atoms with Crippen LogP contribution in [-0.2, 0) is 0 Å². The second kappa shape index (κ2) is 17.0. The fourth-order valence-electron chi connectivity index (χ4n) is 5.33. The van der Waals surface area contributed by atoms with Crippen molar-refractivity contribution in [1.29, 1.82) is 0 Å². The van der Waals surface area contributed by atoms with E-state index in [0.29, 0.717) is 0 Å². The summed E-state index contributed by atoms with van der Waals surface area (Å²) in [4.78, 5) is 0. The Balaban J connectivity index is 2.09. The maximum atomic E-state index is 4.31. The van der Waals surface area contributed by atoms with Gasteiger partial charge in [-0.25, -0.2) is 0 Å². The molecule has 0 atom stereocenters. The van der Waals surface area contributed by atoms with E-state index in [4.69, 9.17) is 0 Å². The zero-order chi connectivity index (χ0) is 31.9. The standard InChI is InChI=1S/C45H42/c1-6-10-11-12-15-24-37(8-3)45-41(9-4)36(7-2)23-18-19-25-38-33-32-35(5)34-40(38)27-16-13-14-17-30-44(45)43-31-22-28-39-26-20-21-29-42(39)43/h6-34H,2,4H2,1,3,5H3/b10-6+,12-11-,14-13?,16-13+,17-14+,19-18+,23-18?,24-15-,25-19?,27-16?,30-17?,36-23-,37-8-,38-25-,40-27-,41-36?,44-30+,45-41-,45-44?. The minimum atomic E-state index is 0.986. The third-order valence-electron chi connectivity index (χ3n) is 7.53. The summed E-state index contributed by atoms with van der Waals surface area (Å²) in [5.74, 6) is 0. The van der Waals surface area contributed by atoms with Crippen LogP contribution in [0.2, 0.25) is 0 Å². The van der Waals surface area contributed by atoms with Crippen molar-refractivity contribution < 1.29 is 0 Å². The maximum absolute atomic E-state index is 4.31. The van der Waals surface area contributed by atoms with Crippen LogP contribution in [0.15, 0.2) is 199 Å². The molecular formula is C45H42. The Morgan fingerprint density at radius 3 is 2.13 bits per heavy atom. The van der Waals surface area contributed by atoms with Gasteiger partial charge in [0.25, 0.3) is 0 Å². The first-order valence-corrected chi connectivity index (χ1v) is 15.4. The second-order valence-corrected chi connectivity index (χ2v) is 10.6. The Morgan fingerprint density at radius 1 is 0.644 bits per heavy atom. The topological polar surface area (TPSA) is 0 Å². The molecule has 0 spiro atoms. The molecule has 0 unspecified atom stereocenters. The van der Waals surface area contributed by atoms with Gasteiger partial charge in [0, 0.05) is 0 Å². The smallest absolute Gasteiger partial charge is 0.00301 e. The highest BCUT2D eigenvalue weighted by Gasteiger charge is 2.18. The van der Waals surface area contributed by atoms with Gasteiger partial charge >= 0.3 is 0 Å². The average molecular weight is 583 g/mol. The number of allylic oxidation sites excluding steroid dienone is 22. The lowest BCUT2D eigenvalue weighted by molar-refractivity contribution is 1.40. The van der Waals surface area contributed by atoms with Gasteiger partial charge in [-0.2, -0.15) is 0 Å². The van der Waals surface area contributed by atoms with E-state index in [1.807, 2.05) is 37.3 Å². The molecule has 0 aromatic heterocycles. The van der Waals surface area contributed by atoms with Crippen molar-refractivity contribution in [2.24, 2.45) is 0 Å². The molecule has 0 saturated heterocycles. The summed E-state index contributed by atoms with van der Waals surface area (Å²) in [6.07, 6.45) is 39.6. The van der Waals surface area contributed by atoms with Gasteiger partial charge in [-0.15, -0.1) is 0 Å². The van der Waals surface area contributed by atoms with Crippen LogP contribution in [0.5, 0.6) is 0 Å². The van der Waals surface area contributed by atoms with Gasteiger partial charge in [0.15, 0.2) is 0 Å². The van der Waals surface area contributed by atoms with Gasteiger partial charge < -0.3 is 0 Å². The Hall–Kier alpha value is -5.46. The summed E-state index contributed by atoms with van der Waals surface area (Å²) in [6.45, 7) is 14.8. The average Bonchev–Trinajstić information content (AvgIpc) is 3.06. The number of fused-ring (bicyclic) bond motifs is 2. The second-order valence-electron chi connectivity index (χ2n) is 10.6. The zero-order valence-electron chi connectivity index (χ0n) is 26.7. The van der Waals surface area contributed by atoms with Crippen LogP contribution in [0.3, 0.4) is 0 Å². The van der Waals surface area contributed by atoms with Crippen LogP contribution in [0.4, 0.5) is 0 Å². The molecule has 0 N–H and O–H groups in total. The van der Waals surface area contributed by atoms with Crippen LogP contribution < -0.4 is 10.4 Å². The number of rotatable bonds is 7. The number of benzene rings is 3. The van der Waals surface area contributed by atoms with Crippen molar-refractivity contribution in [2.45, 2.75) is 20.8 Å². The fourth-order valence-corrected chi connectivity index (χ4v) is 5.33. The van der Waals surface area contributed by atoms with Crippen LogP contribution in [0.25, 0.3) is 28.5 Å². The molecule has 0 saturated carbocycles. The van der Waals surface area contributed by atoms with Gasteiger partial charge in [-0.3, -0.25) is 0 Å². The third kappa shape index (κ3) is 8.56. The van der Waals surface area contributed by atoms with Crippen molar-refractivity contribution >= 4 is 28.5 Å². The normalized spacial score (nSPS) is 22.4. The summed E-state index contributed by atoms with van der Waals surface area (Å²) < 4.78 is 0. The maximum Gasteiger partial charge on any atom is -0.00301 e. The quantitative estimate of drug-likeness (QED) is 0.243. The molecule has 45 heavy (non-hydrogen) atoms. The first kappa shape index (κ1) is 32.5. The molecular weight excluding hydrogens is 540 g/mol. The molecule has 222 valence electrons. The first-order chi connectivity index (χ1) is 22.1. The summed E-state index contributed by atoms with van der Waals surface area (Å²) >= 11 is 0. The minimum absolute atomic E-state index is 0.986. The summed E-state index contributed by atoms with van der Waals surface area (Å²) in [5.41, 5.74) is 7.64. The van der Waals surface area contributed by atoms with Crippen LogP contribution in [0.1, 0.15) is 25.0 Å². The monoisotopic (exact) mass is 582 g/mol. The number of aryl methyl sites for hydroxylation is 1. The van der Waals surface area contributed by atoms with E-state index in [-0.39, 0.29) is 0 Å². The first-order valence-electron chi connectivity index (χ1n) is 15.4. The van der Waals surface area contributed by atoms with Crippen molar-refractivity contribution in [3.8, 4) is 0 Å². The van der Waals surface area contributed by atoms with E-state index in [9.17, 15) is 0 Å². The molecule has 0 heterocycles. The van der Waals surface area contributed by atoms with Crippen molar-refractivity contribution in [3.63, 3.8) is 0 Å². The Morgan fingerprint density at radius 2 is 1.36 bits per heavy atom. The zero-order valence-corrected chi connectivity index (χ0v) is 26.7. The molecule has 0 fully saturated rings. The molecule has 0 bridgehead atoms. The van der Waals surface area contributed by atoms with Crippen LogP contribution >= 0.6 is 0 Å². The fraction of sp³-hybridized carbons (Fsp3) is 0.0667. The molecule has 0 amide bonds. The third-order valence-corrected chi connectivity index (χ3v) is 7.53. The van der Waals surface area contributed by atoms with Gasteiger partial charge in [0.1, 0.15) is 0 Å². The number of hydrogen-bond donors (Lipinski definition) is 0. The highest BCUT2D eigenvalue weighted by Crippen LogP contribution is 2.38. The Kier molecular flexibility index (Phi) is 12.3. The molecule has 3 aromatic carbocycles. The summed E-state index contributed by atoms with van der Waals surface area (Å²) in [7, 11) is 0. The summed E-state index contributed by atoms with van der Waals surface area (Å²) in [5, 5.41) is 4.73. The van der Waals surface area contributed by atoms with Crippen molar-refractivity contribution in [2.75, 3.05) is 0 Å². The lowest BCUT2D eigenvalue weighted by Gasteiger charge is -2.20. The van der Waals surface area contributed by atoms with E-state index < -0.39 is 0 Å². The molecule has 1 aliphatic rings. The molecule has 0 aliphatic heterocycles. The summed E-state index contributed by atoms with van der Waals surface area (Å²) in [6, 6.07) is 21.6. The molecule has 4 rings (SSSR count). The predicted molar refractivity (Wildman–Crippen MR) is 201 cm³/mol. The van der Waals surface area contributed by atoms with Crippen molar-refractivity contribution in [1.82, 2.24) is 0 Å². The van der Waals surface area contributed by atoms with E-state index in [1.165, 1.54) is 21.6 Å². The Bertz CT molecular complexity index is 1980. The SMILES string of the molecule is C=CC1=C/C=C/C=c2/ccc(C)c/c2=C/C=C/C=C/C=C(c2cccc3ccccc23)/C(C(/C=C\C=C/C=C/C)=C\C)=C\1C=C. The van der Waals surface area contributed by atoms with Gasteiger partial charge in [0.05, 0.1) is 0 Å². The molecule has 0 nitrogen and oxygen atoms in total. The largest absolute Gasteiger partial charge is 0.0984 e. The van der Waals surface area contributed by atoms with E-state index in [0.717, 1.165) is 38.6 Å². The predicted octanol–water partition coefficient (Wildman–Crippen LogP) is 10.7. The van der Waals surface area contributed by atoms with Crippen LogP contribution in [0, 0.1) is 6.92 Å². The lowest BCUT2D eigenvalue weighted by atomic mass is 9.83. The van der Waals surface area contributed by atoms with Crippen molar-refractivity contribution in [3.05, 3.63) is 221 Å². The van der Waals surface area contributed by atoms with E-state index in [1.54, 1.807) is 0 Å². The van der Waals surface area contributed by atoms with Gasteiger partial charge in [0.2, 0.25) is 0 Å². The highest BCUT2D eigenvalue weighted by atomic mass is 14.2.